The Bertz CT molecular complexity index is 745. The van der Waals surface area contributed by atoms with Crippen molar-refractivity contribution in [2.75, 3.05) is 14.2 Å². The number of hydrogen-bond donors (Lipinski definition) is 1. The molecule has 2 aromatic rings. The number of aryl methyl sites for hydroxylation is 1. The Labute approximate surface area is 152 Å². The van der Waals surface area contributed by atoms with Gasteiger partial charge in [-0.3, -0.25) is 4.79 Å². The first-order valence-corrected chi connectivity index (χ1v) is 8.70. The van der Waals surface area contributed by atoms with Crippen LogP contribution >= 0.6 is 11.8 Å². The summed E-state index contributed by atoms with van der Waals surface area (Å²) in [6.45, 7) is 3.88. The van der Waals surface area contributed by atoms with Gasteiger partial charge in [-0.15, -0.1) is 11.8 Å². The van der Waals surface area contributed by atoms with Crippen LogP contribution in [0.4, 0.5) is 0 Å². The van der Waals surface area contributed by atoms with E-state index in [2.05, 4.69) is 10.5 Å². The van der Waals surface area contributed by atoms with Crippen LogP contribution < -0.4 is 14.9 Å². The summed E-state index contributed by atoms with van der Waals surface area (Å²) < 4.78 is 10.6. The lowest BCUT2D eigenvalue weighted by Crippen LogP contribution is -2.26. The fourth-order valence-electron chi connectivity index (χ4n) is 2.14. The van der Waals surface area contributed by atoms with Crippen LogP contribution in [-0.2, 0) is 4.79 Å². The zero-order valence-electron chi connectivity index (χ0n) is 14.8. The van der Waals surface area contributed by atoms with Crippen molar-refractivity contribution in [3.05, 3.63) is 53.6 Å². The second-order valence-electron chi connectivity index (χ2n) is 5.39. The number of nitrogens with zero attached hydrogens (tertiary/aromatic N) is 1. The van der Waals surface area contributed by atoms with E-state index in [4.69, 9.17) is 9.47 Å². The Morgan fingerprint density at radius 3 is 2.52 bits per heavy atom. The number of hydrogen-bond acceptors (Lipinski definition) is 5. The Balaban J connectivity index is 1.97. The van der Waals surface area contributed by atoms with Gasteiger partial charge < -0.3 is 9.47 Å². The second kappa shape index (κ2) is 9.13. The minimum atomic E-state index is -0.257. The Hall–Kier alpha value is -2.47. The van der Waals surface area contributed by atoms with E-state index in [1.54, 1.807) is 26.5 Å². The summed E-state index contributed by atoms with van der Waals surface area (Å²) in [5.41, 5.74) is 4.48. The molecule has 132 valence electrons. The summed E-state index contributed by atoms with van der Waals surface area (Å²) in [6.07, 6.45) is 1.54. The number of rotatable bonds is 7. The monoisotopic (exact) mass is 358 g/mol. The molecule has 0 saturated heterocycles. The lowest BCUT2D eigenvalue weighted by atomic mass is 10.2. The van der Waals surface area contributed by atoms with Crippen LogP contribution in [0, 0.1) is 6.92 Å². The van der Waals surface area contributed by atoms with Gasteiger partial charge in [-0.1, -0.05) is 23.8 Å². The van der Waals surface area contributed by atoms with Gasteiger partial charge in [-0.25, -0.2) is 5.43 Å². The smallest absolute Gasteiger partial charge is 0.253 e. The summed E-state index contributed by atoms with van der Waals surface area (Å²) in [5, 5.41) is 3.77. The zero-order valence-corrected chi connectivity index (χ0v) is 15.6. The number of amides is 1. The van der Waals surface area contributed by atoms with Gasteiger partial charge in [0.25, 0.3) is 5.91 Å². The molecular formula is C19H22N2O3S. The molecule has 0 aromatic heterocycles. The van der Waals surface area contributed by atoms with Crippen molar-refractivity contribution in [1.82, 2.24) is 5.43 Å². The van der Waals surface area contributed by atoms with E-state index >= 15 is 0 Å². The lowest BCUT2D eigenvalue weighted by molar-refractivity contribution is -0.120. The van der Waals surface area contributed by atoms with Crippen LogP contribution in [0.25, 0.3) is 0 Å². The van der Waals surface area contributed by atoms with Gasteiger partial charge >= 0.3 is 0 Å². The first kappa shape index (κ1) is 18.9. The van der Waals surface area contributed by atoms with E-state index in [1.165, 1.54) is 17.3 Å². The van der Waals surface area contributed by atoms with Crippen LogP contribution in [0.3, 0.4) is 0 Å². The van der Waals surface area contributed by atoms with Gasteiger partial charge in [0, 0.05) is 10.5 Å². The molecular weight excluding hydrogens is 336 g/mol. The van der Waals surface area contributed by atoms with Crippen molar-refractivity contribution in [2.45, 2.75) is 24.0 Å². The molecule has 1 N–H and O–H groups in total. The number of carbonyl (C=O) groups is 1. The molecule has 0 radical (unpaired) electrons. The molecule has 0 aliphatic heterocycles. The summed E-state index contributed by atoms with van der Waals surface area (Å²) >= 11 is 1.49. The standard InChI is InChI=1S/C19H22N2O3S/c1-13-8-10-16(11-9-13)25-14(2)19(22)21-20-12-15-6-5-7-17(23-3)18(15)24-4/h5-12,14H,1-4H3,(H,21,22)/b20-12-/t14-/m0/s1. The van der Waals surface area contributed by atoms with Crippen molar-refractivity contribution in [3.63, 3.8) is 0 Å². The maximum Gasteiger partial charge on any atom is 0.253 e. The number of methoxy groups -OCH3 is 2. The molecule has 5 nitrogen and oxygen atoms in total. The van der Waals surface area contributed by atoms with Crippen molar-refractivity contribution in [1.29, 1.82) is 0 Å². The Kier molecular flexibility index (Phi) is 6.89. The third-order valence-electron chi connectivity index (χ3n) is 3.51. The van der Waals surface area contributed by atoms with Crippen LogP contribution in [0.5, 0.6) is 11.5 Å². The minimum absolute atomic E-state index is 0.163. The number of hydrazone groups is 1. The minimum Gasteiger partial charge on any atom is -0.493 e. The fourth-order valence-corrected chi connectivity index (χ4v) is 3.01. The Morgan fingerprint density at radius 1 is 1.16 bits per heavy atom. The molecule has 25 heavy (non-hydrogen) atoms. The van der Waals surface area contributed by atoms with E-state index in [0.29, 0.717) is 11.5 Å². The highest BCUT2D eigenvalue weighted by atomic mass is 32.2. The Morgan fingerprint density at radius 2 is 1.88 bits per heavy atom. The maximum atomic E-state index is 12.2. The normalized spacial score (nSPS) is 12.0. The molecule has 0 aliphatic carbocycles. The third-order valence-corrected chi connectivity index (χ3v) is 4.63. The molecule has 0 fully saturated rings. The molecule has 0 spiro atoms. The van der Waals surface area contributed by atoms with Crippen LogP contribution in [0.1, 0.15) is 18.1 Å². The largest absolute Gasteiger partial charge is 0.493 e. The summed E-state index contributed by atoms with van der Waals surface area (Å²) in [6, 6.07) is 13.5. The first-order valence-electron chi connectivity index (χ1n) is 7.82. The quantitative estimate of drug-likeness (QED) is 0.466. The second-order valence-corrected chi connectivity index (χ2v) is 6.80. The first-order chi connectivity index (χ1) is 12.0. The molecule has 0 unspecified atom stereocenters. The number of para-hydroxylation sites is 1. The zero-order chi connectivity index (χ0) is 18.2. The van der Waals surface area contributed by atoms with Crippen LogP contribution in [-0.4, -0.2) is 31.6 Å². The van der Waals surface area contributed by atoms with Crippen LogP contribution in [0.2, 0.25) is 0 Å². The van der Waals surface area contributed by atoms with Gasteiger partial charge in [0.05, 0.1) is 25.7 Å². The molecule has 0 aliphatic rings. The third kappa shape index (κ3) is 5.26. The molecule has 6 heteroatoms. The van der Waals surface area contributed by atoms with Crippen LogP contribution in [0.15, 0.2) is 52.5 Å². The van der Waals surface area contributed by atoms with E-state index < -0.39 is 0 Å². The van der Waals surface area contributed by atoms with Crippen molar-refractivity contribution in [3.8, 4) is 11.5 Å². The van der Waals surface area contributed by atoms with E-state index in [9.17, 15) is 4.79 Å². The molecule has 2 rings (SSSR count). The predicted molar refractivity (Wildman–Crippen MR) is 102 cm³/mol. The average Bonchev–Trinajstić information content (AvgIpc) is 2.63. The highest BCUT2D eigenvalue weighted by molar-refractivity contribution is 8.00. The van der Waals surface area contributed by atoms with Gasteiger partial charge in [0.1, 0.15) is 0 Å². The van der Waals surface area contributed by atoms with Gasteiger partial charge in [-0.2, -0.15) is 5.10 Å². The van der Waals surface area contributed by atoms with Crippen molar-refractivity contribution in [2.24, 2.45) is 5.10 Å². The van der Waals surface area contributed by atoms with Gasteiger partial charge in [0.2, 0.25) is 0 Å². The van der Waals surface area contributed by atoms with E-state index in [1.807, 2.05) is 50.2 Å². The average molecular weight is 358 g/mol. The topological polar surface area (TPSA) is 59.9 Å². The molecule has 0 saturated carbocycles. The SMILES string of the molecule is COc1cccc(/C=N\NC(=O)[C@H](C)Sc2ccc(C)cc2)c1OC. The number of nitrogens with one attached hydrogen (secondary N) is 1. The van der Waals surface area contributed by atoms with Crippen molar-refractivity contribution >= 4 is 23.9 Å². The number of benzene rings is 2. The maximum absolute atomic E-state index is 12.2. The fraction of sp³-hybridized carbons (Fsp3) is 0.263. The van der Waals surface area contributed by atoms with Crippen molar-refractivity contribution < 1.29 is 14.3 Å². The lowest BCUT2D eigenvalue weighted by Gasteiger charge is -2.11. The predicted octanol–water partition coefficient (Wildman–Crippen LogP) is 3.64. The molecule has 1 atom stereocenters. The number of ether oxygens (including phenoxy) is 2. The van der Waals surface area contributed by atoms with E-state index in [-0.39, 0.29) is 11.2 Å². The molecule has 0 heterocycles. The highest BCUT2D eigenvalue weighted by Gasteiger charge is 2.14. The summed E-state index contributed by atoms with van der Waals surface area (Å²) in [4.78, 5) is 13.2. The number of thioether (sulfide) groups is 1. The molecule has 1 amide bonds. The van der Waals surface area contributed by atoms with Gasteiger partial charge in [-0.05, 0) is 38.1 Å². The number of carbonyl (C=O) groups excluding carboxylic acids is 1. The van der Waals surface area contributed by atoms with Gasteiger partial charge in [0.15, 0.2) is 11.5 Å². The summed E-state index contributed by atoms with van der Waals surface area (Å²) in [7, 11) is 3.14. The van der Waals surface area contributed by atoms with E-state index in [0.717, 1.165) is 10.5 Å². The molecule has 0 bridgehead atoms. The molecule has 2 aromatic carbocycles. The highest BCUT2D eigenvalue weighted by Crippen LogP contribution is 2.29. The summed E-state index contributed by atoms with van der Waals surface area (Å²) in [5.74, 6) is 1.02.